The average Bonchev–Trinajstić information content (AvgIpc) is 2.60. The van der Waals surface area contributed by atoms with Crippen LogP contribution in [0.1, 0.15) is 11.7 Å². The lowest BCUT2D eigenvalue weighted by Gasteiger charge is -2.08. The van der Waals surface area contributed by atoms with Gasteiger partial charge in [-0.2, -0.15) is 13.2 Å². The van der Waals surface area contributed by atoms with E-state index in [4.69, 9.17) is 4.42 Å². The molecule has 1 rings (SSSR count). The molecule has 0 fully saturated rings. The van der Waals surface area contributed by atoms with Gasteiger partial charge in [0, 0.05) is 0 Å². The molecule has 0 atom stereocenters. The normalized spacial score (nSPS) is 11.5. The number of hydrogen-bond donors (Lipinski definition) is 2. The van der Waals surface area contributed by atoms with Gasteiger partial charge < -0.3 is 9.73 Å². The summed E-state index contributed by atoms with van der Waals surface area (Å²) in [6, 6.07) is 0. The van der Waals surface area contributed by atoms with Crippen molar-refractivity contribution in [2.75, 3.05) is 13.1 Å². The summed E-state index contributed by atoms with van der Waals surface area (Å²) in [5.74, 6) is 0.278. The average molecular weight is 251 g/mol. The van der Waals surface area contributed by atoms with Crippen LogP contribution in [0.4, 0.5) is 13.2 Å². The fourth-order valence-electron chi connectivity index (χ4n) is 1.03. The molecule has 1 aromatic heterocycles. The van der Waals surface area contributed by atoms with Gasteiger partial charge in [-0.05, 0) is 6.92 Å². The number of halogens is 3. The molecule has 0 saturated carbocycles. The quantitative estimate of drug-likeness (QED) is 0.810. The van der Waals surface area contributed by atoms with Crippen LogP contribution in [0.5, 0.6) is 0 Å². The second-order valence-electron chi connectivity index (χ2n) is 3.36. The van der Waals surface area contributed by atoms with Gasteiger partial charge in [-0.1, -0.05) is 0 Å². The number of oxazole rings is 1. The van der Waals surface area contributed by atoms with Crippen molar-refractivity contribution in [3.63, 3.8) is 0 Å². The van der Waals surface area contributed by atoms with Crippen molar-refractivity contribution in [3.05, 3.63) is 17.8 Å². The Kier molecular flexibility index (Phi) is 4.50. The third-order valence-corrected chi connectivity index (χ3v) is 1.72. The molecule has 1 heterocycles. The minimum atomic E-state index is -4.39. The number of amides is 1. The van der Waals surface area contributed by atoms with Crippen molar-refractivity contribution in [2.45, 2.75) is 19.6 Å². The summed E-state index contributed by atoms with van der Waals surface area (Å²) in [4.78, 5) is 14.8. The van der Waals surface area contributed by atoms with Gasteiger partial charge in [0.15, 0.2) is 0 Å². The monoisotopic (exact) mass is 251 g/mol. The summed E-state index contributed by atoms with van der Waals surface area (Å²) in [5.41, 5.74) is 0. The highest BCUT2D eigenvalue weighted by molar-refractivity contribution is 5.77. The maximum atomic E-state index is 11.7. The lowest BCUT2D eigenvalue weighted by Crippen LogP contribution is -2.39. The first-order valence-electron chi connectivity index (χ1n) is 4.82. The molecule has 0 bridgehead atoms. The molecule has 1 amide bonds. The Labute approximate surface area is 95.4 Å². The zero-order chi connectivity index (χ0) is 12.9. The third kappa shape index (κ3) is 5.91. The Bertz CT molecular complexity index is 376. The number of nitrogens with one attached hydrogen (secondary N) is 2. The summed E-state index contributed by atoms with van der Waals surface area (Å²) in [6.45, 7) is 0.350. The van der Waals surface area contributed by atoms with Crippen molar-refractivity contribution in [2.24, 2.45) is 0 Å². The largest absolute Gasteiger partial charge is 0.445 e. The molecule has 2 N–H and O–H groups in total. The standard InChI is InChI=1S/C9H12F3N3O2/c1-6-2-14-8(17-6)4-13-3-7(16)15-5-9(10,11)12/h2,13H,3-5H2,1H3,(H,15,16). The van der Waals surface area contributed by atoms with Gasteiger partial charge in [-0.15, -0.1) is 0 Å². The van der Waals surface area contributed by atoms with Crippen LogP contribution < -0.4 is 10.6 Å². The molecule has 0 aliphatic carbocycles. The second-order valence-corrected chi connectivity index (χ2v) is 3.36. The Morgan fingerprint density at radius 3 is 2.76 bits per heavy atom. The number of carbonyl (C=O) groups excluding carboxylic acids is 1. The van der Waals surface area contributed by atoms with E-state index in [0.717, 1.165) is 0 Å². The first kappa shape index (κ1) is 13.5. The molecular formula is C9H12F3N3O2. The van der Waals surface area contributed by atoms with E-state index in [9.17, 15) is 18.0 Å². The summed E-state index contributed by atoms with van der Waals surface area (Å²) >= 11 is 0. The molecule has 5 nitrogen and oxygen atoms in total. The van der Waals surface area contributed by atoms with Gasteiger partial charge in [-0.3, -0.25) is 10.1 Å². The molecule has 1 aromatic rings. The molecule has 8 heteroatoms. The topological polar surface area (TPSA) is 67.2 Å². The van der Waals surface area contributed by atoms with E-state index in [1.54, 1.807) is 12.2 Å². The predicted molar refractivity (Wildman–Crippen MR) is 52.0 cm³/mol. The van der Waals surface area contributed by atoms with E-state index in [0.29, 0.717) is 11.7 Å². The molecule has 0 saturated heterocycles. The second kappa shape index (κ2) is 5.67. The maximum absolute atomic E-state index is 11.7. The lowest BCUT2D eigenvalue weighted by molar-refractivity contribution is -0.137. The SMILES string of the molecule is Cc1cnc(CNCC(=O)NCC(F)(F)F)o1. The van der Waals surface area contributed by atoms with Gasteiger partial charge in [-0.25, -0.2) is 4.98 Å². The maximum Gasteiger partial charge on any atom is 0.405 e. The van der Waals surface area contributed by atoms with E-state index in [2.05, 4.69) is 10.3 Å². The molecule has 0 aliphatic rings. The highest BCUT2D eigenvalue weighted by Crippen LogP contribution is 2.11. The number of nitrogens with zero attached hydrogens (tertiary/aromatic N) is 1. The zero-order valence-electron chi connectivity index (χ0n) is 9.10. The van der Waals surface area contributed by atoms with Crippen LogP contribution in [-0.4, -0.2) is 30.2 Å². The van der Waals surface area contributed by atoms with Gasteiger partial charge >= 0.3 is 6.18 Å². The summed E-state index contributed by atoms with van der Waals surface area (Å²) < 4.78 is 40.3. The van der Waals surface area contributed by atoms with Crippen LogP contribution >= 0.6 is 0 Å². The fraction of sp³-hybridized carbons (Fsp3) is 0.556. The number of rotatable bonds is 5. The molecule has 0 unspecified atom stereocenters. The minimum absolute atomic E-state index is 0.188. The summed E-state index contributed by atoms with van der Waals surface area (Å²) in [5, 5.41) is 4.35. The van der Waals surface area contributed by atoms with Gasteiger partial charge in [0.25, 0.3) is 0 Å². The molecule has 0 spiro atoms. The Morgan fingerprint density at radius 2 is 2.24 bits per heavy atom. The molecule has 0 radical (unpaired) electrons. The van der Waals surface area contributed by atoms with E-state index < -0.39 is 18.6 Å². The van der Waals surface area contributed by atoms with Gasteiger partial charge in [0.1, 0.15) is 12.3 Å². The van der Waals surface area contributed by atoms with Crippen molar-refractivity contribution in [1.29, 1.82) is 0 Å². The van der Waals surface area contributed by atoms with Crippen LogP contribution in [-0.2, 0) is 11.3 Å². The first-order chi connectivity index (χ1) is 7.87. The molecule has 17 heavy (non-hydrogen) atoms. The van der Waals surface area contributed by atoms with Crippen LogP contribution in [0, 0.1) is 6.92 Å². The fourth-order valence-corrected chi connectivity index (χ4v) is 1.03. The lowest BCUT2D eigenvalue weighted by atomic mass is 10.5. The molecular weight excluding hydrogens is 239 g/mol. The number of aryl methyl sites for hydroxylation is 1. The van der Waals surface area contributed by atoms with Crippen LogP contribution in [0.25, 0.3) is 0 Å². The Hall–Kier alpha value is -1.57. The smallest absolute Gasteiger partial charge is 0.405 e. The van der Waals surface area contributed by atoms with Gasteiger partial charge in [0.05, 0.1) is 19.3 Å². The van der Waals surface area contributed by atoms with Crippen molar-refractivity contribution in [3.8, 4) is 0 Å². The number of aromatic nitrogens is 1. The van der Waals surface area contributed by atoms with E-state index >= 15 is 0 Å². The van der Waals surface area contributed by atoms with Crippen LogP contribution in [0.15, 0.2) is 10.6 Å². The molecule has 96 valence electrons. The van der Waals surface area contributed by atoms with Gasteiger partial charge in [0.2, 0.25) is 11.8 Å². The zero-order valence-corrected chi connectivity index (χ0v) is 9.10. The first-order valence-corrected chi connectivity index (χ1v) is 4.82. The predicted octanol–water partition coefficient (Wildman–Crippen LogP) is 0.751. The highest BCUT2D eigenvalue weighted by atomic mass is 19.4. The summed E-state index contributed by atoms with van der Waals surface area (Å²) in [6.07, 6.45) is -2.88. The van der Waals surface area contributed by atoms with E-state index in [1.165, 1.54) is 6.20 Å². The Morgan fingerprint density at radius 1 is 1.53 bits per heavy atom. The van der Waals surface area contributed by atoms with Crippen molar-refractivity contribution >= 4 is 5.91 Å². The summed E-state index contributed by atoms with van der Waals surface area (Å²) in [7, 11) is 0. The number of alkyl halides is 3. The van der Waals surface area contributed by atoms with E-state index in [1.807, 2.05) is 0 Å². The van der Waals surface area contributed by atoms with Crippen LogP contribution in [0.2, 0.25) is 0 Å². The minimum Gasteiger partial charge on any atom is -0.445 e. The third-order valence-electron chi connectivity index (χ3n) is 1.72. The molecule has 0 aliphatic heterocycles. The Balaban J connectivity index is 2.16. The van der Waals surface area contributed by atoms with Crippen molar-refractivity contribution in [1.82, 2.24) is 15.6 Å². The number of carbonyl (C=O) groups is 1. The van der Waals surface area contributed by atoms with E-state index in [-0.39, 0.29) is 13.1 Å². The van der Waals surface area contributed by atoms with Crippen LogP contribution in [0.3, 0.4) is 0 Å². The molecule has 0 aromatic carbocycles. The number of hydrogen-bond acceptors (Lipinski definition) is 4. The van der Waals surface area contributed by atoms with Crippen molar-refractivity contribution < 1.29 is 22.4 Å². The highest BCUT2D eigenvalue weighted by Gasteiger charge is 2.27.